The molecule has 142 valence electrons. The third kappa shape index (κ3) is 7.73. The Morgan fingerprint density at radius 2 is 1.81 bits per heavy atom. The van der Waals surface area contributed by atoms with E-state index in [0.29, 0.717) is 12.3 Å². The second kappa shape index (κ2) is 10.8. The molecule has 0 radical (unpaired) electrons. The molecule has 2 aromatic carbocycles. The highest BCUT2D eigenvalue weighted by molar-refractivity contribution is 5.93. The molecule has 0 saturated heterocycles. The fourth-order valence-corrected chi connectivity index (χ4v) is 2.23. The molecule has 6 heteroatoms. The molecule has 2 aromatic rings. The Kier molecular flexibility index (Phi) is 8.03. The molecule has 0 fully saturated rings. The molecule has 2 amide bonds. The average Bonchev–Trinajstić information content (AvgIpc) is 2.67. The molecule has 0 aliphatic carbocycles. The monoisotopic (exact) mass is 367 g/mol. The maximum Gasteiger partial charge on any atom is 0.240 e. The van der Waals surface area contributed by atoms with Gasteiger partial charge in [0.1, 0.15) is 5.75 Å². The van der Waals surface area contributed by atoms with Crippen LogP contribution in [0.2, 0.25) is 0 Å². The first-order valence-corrected chi connectivity index (χ1v) is 8.98. The van der Waals surface area contributed by atoms with Crippen molar-refractivity contribution in [1.29, 1.82) is 0 Å². The number of nitrogens with one attached hydrogen (secondary N) is 2. The third-order valence-electron chi connectivity index (χ3n) is 3.65. The number of hydrazone groups is 1. The van der Waals surface area contributed by atoms with Gasteiger partial charge >= 0.3 is 0 Å². The van der Waals surface area contributed by atoms with Crippen molar-refractivity contribution in [3.63, 3.8) is 0 Å². The number of benzene rings is 2. The van der Waals surface area contributed by atoms with Crippen LogP contribution >= 0.6 is 0 Å². The second-order valence-electron chi connectivity index (χ2n) is 6.13. The van der Waals surface area contributed by atoms with Crippen molar-refractivity contribution in [1.82, 2.24) is 5.43 Å². The summed E-state index contributed by atoms with van der Waals surface area (Å²) < 4.78 is 5.55. The van der Waals surface area contributed by atoms with Gasteiger partial charge in [-0.05, 0) is 43.2 Å². The fourth-order valence-electron chi connectivity index (χ4n) is 2.23. The lowest BCUT2D eigenvalue weighted by atomic mass is 10.2. The Hall–Kier alpha value is -3.15. The molecule has 0 unspecified atom stereocenters. The van der Waals surface area contributed by atoms with Gasteiger partial charge in [-0.1, -0.05) is 36.8 Å². The molecule has 0 aliphatic heterocycles. The fraction of sp³-hybridized carbons (Fsp3) is 0.286. The van der Waals surface area contributed by atoms with Crippen molar-refractivity contribution >= 4 is 23.7 Å². The van der Waals surface area contributed by atoms with Crippen molar-refractivity contribution in [2.45, 2.75) is 33.1 Å². The highest BCUT2D eigenvalue weighted by atomic mass is 16.5. The van der Waals surface area contributed by atoms with Gasteiger partial charge in [0.05, 0.1) is 12.8 Å². The minimum absolute atomic E-state index is 0.0642. The SMILES string of the molecule is CCCOc1cccc(C=NNC(=O)CCC(=O)Nc2ccc(C)cc2)c1. The van der Waals surface area contributed by atoms with Gasteiger partial charge in [-0.25, -0.2) is 5.43 Å². The lowest BCUT2D eigenvalue weighted by molar-refractivity contribution is -0.124. The van der Waals surface area contributed by atoms with E-state index in [2.05, 4.69) is 15.8 Å². The summed E-state index contributed by atoms with van der Waals surface area (Å²) in [4.78, 5) is 23.7. The highest BCUT2D eigenvalue weighted by Crippen LogP contribution is 2.12. The Bertz CT molecular complexity index is 786. The molecule has 0 bridgehead atoms. The van der Waals surface area contributed by atoms with Crippen LogP contribution in [0.4, 0.5) is 5.69 Å². The number of hydrogen-bond donors (Lipinski definition) is 2. The van der Waals surface area contributed by atoms with Gasteiger partial charge in [0.25, 0.3) is 0 Å². The van der Waals surface area contributed by atoms with Crippen LogP contribution in [0.1, 0.15) is 37.3 Å². The molecule has 27 heavy (non-hydrogen) atoms. The first-order chi connectivity index (χ1) is 13.1. The van der Waals surface area contributed by atoms with Crippen LogP contribution in [-0.4, -0.2) is 24.6 Å². The van der Waals surface area contributed by atoms with Crippen molar-refractivity contribution in [3.8, 4) is 5.75 Å². The van der Waals surface area contributed by atoms with E-state index in [1.807, 2.05) is 62.4 Å². The van der Waals surface area contributed by atoms with Crippen molar-refractivity contribution < 1.29 is 14.3 Å². The minimum Gasteiger partial charge on any atom is -0.494 e. The summed E-state index contributed by atoms with van der Waals surface area (Å²) in [6.07, 6.45) is 2.64. The number of nitrogens with zero attached hydrogens (tertiary/aromatic N) is 1. The molecule has 2 N–H and O–H groups in total. The first kappa shape index (κ1) is 20.2. The van der Waals surface area contributed by atoms with E-state index in [1.54, 1.807) is 6.21 Å². The smallest absolute Gasteiger partial charge is 0.240 e. The summed E-state index contributed by atoms with van der Waals surface area (Å²) in [7, 11) is 0. The predicted molar refractivity (Wildman–Crippen MR) is 107 cm³/mol. The van der Waals surface area contributed by atoms with Gasteiger partial charge in [-0.15, -0.1) is 0 Å². The maximum atomic E-state index is 11.9. The zero-order valence-corrected chi connectivity index (χ0v) is 15.7. The van der Waals surface area contributed by atoms with Crippen LogP contribution in [0, 0.1) is 6.92 Å². The summed E-state index contributed by atoms with van der Waals surface area (Å²) in [5.41, 5.74) is 5.09. The molecule has 0 saturated carbocycles. The zero-order valence-electron chi connectivity index (χ0n) is 15.7. The third-order valence-corrected chi connectivity index (χ3v) is 3.65. The van der Waals surface area contributed by atoms with Gasteiger partial charge in [-0.2, -0.15) is 5.10 Å². The van der Waals surface area contributed by atoms with Gasteiger partial charge in [0, 0.05) is 18.5 Å². The van der Waals surface area contributed by atoms with E-state index >= 15 is 0 Å². The number of carbonyl (C=O) groups is 2. The molecule has 0 heterocycles. The number of rotatable bonds is 9. The van der Waals surface area contributed by atoms with E-state index in [-0.39, 0.29) is 24.7 Å². The van der Waals surface area contributed by atoms with Gasteiger partial charge in [-0.3, -0.25) is 9.59 Å². The summed E-state index contributed by atoms with van der Waals surface area (Å²) in [6.45, 7) is 4.68. The number of ether oxygens (including phenoxy) is 1. The van der Waals surface area contributed by atoms with Crippen molar-refractivity contribution in [3.05, 3.63) is 59.7 Å². The molecular formula is C21H25N3O3. The van der Waals surface area contributed by atoms with Crippen LogP contribution in [-0.2, 0) is 9.59 Å². The molecule has 6 nitrogen and oxygen atoms in total. The van der Waals surface area contributed by atoms with Crippen LogP contribution < -0.4 is 15.5 Å². The number of hydrogen-bond acceptors (Lipinski definition) is 4. The zero-order chi connectivity index (χ0) is 19.5. The standard InChI is InChI=1S/C21H25N3O3/c1-3-13-27-19-6-4-5-17(14-19)15-22-24-21(26)12-11-20(25)23-18-9-7-16(2)8-10-18/h4-10,14-15H,3,11-13H2,1-2H3,(H,23,25)(H,24,26). The van der Waals surface area contributed by atoms with E-state index in [1.165, 1.54) is 0 Å². The number of amides is 2. The summed E-state index contributed by atoms with van der Waals surface area (Å²) in [5.74, 6) is 0.238. The molecule has 0 aliphatic rings. The Morgan fingerprint density at radius 1 is 1.07 bits per heavy atom. The van der Waals surface area contributed by atoms with Crippen LogP contribution in [0.25, 0.3) is 0 Å². The minimum atomic E-state index is -0.316. The number of aryl methyl sites for hydroxylation is 1. The van der Waals surface area contributed by atoms with Crippen molar-refractivity contribution in [2.24, 2.45) is 5.10 Å². The molecule has 0 spiro atoms. The summed E-state index contributed by atoms with van der Waals surface area (Å²) >= 11 is 0. The Morgan fingerprint density at radius 3 is 2.56 bits per heavy atom. The van der Waals surface area contributed by atoms with Gasteiger partial charge in [0.2, 0.25) is 11.8 Å². The average molecular weight is 367 g/mol. The normalized spacial score (nSPS) is 10.6. The highest BCUT2D eigenvalue weighted by Gasteiger charge is 2.06. The lowest BCUT2D eigenvalue weighted by Gasteiger charge is -2.05. The quantitative estimate of drug-likeness (QED) is 0.524. The molecule has 0 atom stereocenters. The van der Waals surface area contributed by atoms with E-state index in [9.17, 15) is 9.59 Å². The second-order valence-corrected chi connectivity index (χ2v) is 6.13. The maximum absolute atomic E-state index is 11.9. The first-order valence-electron chi connectivity index (χ1n) is 8.98. The number of carbonyl (C=O) groups excluding carboxylic acids is 2. The lowest BCUT2D eigenvalue weighted by Crippen LogP contribution is -2.20. The van der Waals surface area contributed by atoms with E-state index < -0.39 is 0 Å². The predicted octanol–water partition coefficient (Wildman–Crippen LogP) is 3.65. The Balaban J connectivity index is 1.73. The van der Waals surface area contributed by atoms with E-state index in [0.717, 1.165) is 23.3 Å². The van der Waals surface area contributed by atoms with Gasteiger partial charge in [0.15, 0.2) is 0 Å². The van der Waals surface area contributed by atoms with Crippen molar-refractivity contribution in [2.75, 3.05) is 11.9 Å². The molecule has 2 rings (SSSR count). The van der Waals surface area contributed by atoms with Crippen LogP contribution in [0.5, 0.6) is 5.75 Å². The summed E-state index contributed by atoms with van der Waals surface area (Å²) in [5, 5.41) is 6.68. The van der Waals surface area contributed by atoms with Crippen LogP contribution in [0.3, 0.4) is 0 Å². The largest absolute Gasteiger partial charge is 0.494 e. The molecular weight excluding hydrogens is 342 g/mol. The number of anilines is 1. The van der Waals surface area contributed by atoms with Crippen LogP contribution in [0.15, 0.2) is 53.6 Å². The van der Waals surface area contributed by atoms with E-state index in [4.69, 9.17) is 4.74 Å². The molecule has 0 aromatic heterocycles. The Labute approximate surface area is 159 Å². The topological polar surface area (TPSA) is 79.8 Å². The van der Waals surface area contributed by atoms with Gasteiger partial charge < -0.3 is 10.1 Å². The summed E-state index contributed by atoms with van der Waals surface area (Å²) in [6, 6.07) is 14.9.